The maximum atomic E-state index is 13.8. The average molecular weight is 563 g/mol. The van der Waals surface area contributed by atoms with Gasteiger partial charge in [0.1, 0.15) is 18.0 Å². The van der Waals surface area contributed by atoms with Crippen molar-refractivity contribution in [1.82, 2.24) is 0 Å². The fourth-order valence-corrected chi connectivity index (χ4v) is 10.4. The molecule has 1 aromatic carbocycles. The summed E-state index contributed by atoms with van der Waals surface area (Å²) in [4.78, 5) is 27.1. The van der Waals surface area contributed by atoms with Crippen LogP contribution in [-0.4, -0.2) is 38.4 Å². The highest BCUT2D eigenvalue weighted by Crippen LogP contribution is 2.72. The molecule has 0 N–H and O–H groups in total. The van der Waals surface area contributed by atoms with Crippen LogP contribution in [0.5, 0.6) is 5.75 Å². The lowest BCUT2D eigenvalue weighted by Crippen LogP contribution is -2.65. The van der Waals surface area contributed by atoms with Crippen molar-refractivity contribution in [2.24, 2.45) is 28.1 Å². The van der Waals surface area contributed by atoms with Crippen molar-refractivity contribution in [3.05, 3.63) is 53.1 Å². The van der Waals surface area contributed by atoms with Crippen molar-refractivity contribution in [3.8, 4) is 5.75 Å². The molecule has 1 saturated carbocycles. The zero-order valence-corrected chi connectivity index (χ0v) is 26.9. The van der Waals surface area contributed by atoms with Crippen molar-refractivity contribution in [3.63, 3.8) is 0 Å². The number of benzene rings is 1. The van der Waals surface area contributed by atoms with Gasteiger partial charge in [0.05, 0.1) is 11.5 Å². The number of ketones is 1. The molecule has 2 heterocycles. The molecule has 2 aliphatic heterocycles. The van der Waals surface area contributed by atoms with Crippen LogP contribution in [0.1, 0.15) is 79.7 Å². The number of esters is 1. The van der Waals surface area contributed by atoms with Gasteiger partial charge in [0.2, 0.25) is 8.32 Å². The number of carbonyl (C=O) groups is 2. The monoisotopic (exact) mass is 562 g/mol. The Morgan fingerprint density at radius 1 is 1.10 bits per heavy atom. The second-order valence-electron chi connectivity index (χ2n) is 15.2. The predicted octanol–water partition coefficient (Wildman–Crippen LogP) is 7.38. The van der Waals surface area contributed by atoms with Crippen LogP contribution in [0.25, 0.3) is 0 Å². The van der Waals surface area contributed by atoms with E-state index in [1.54, 1.807) is 12.2 Å². The molecule has 0 amide bonds. The van der Waals surface area contributed by atoms with E-state index in [0.717, 1.165) is 18.6 Å². The normalized spacial score (nSPS) is 42.0. The van der Waals surface area contributed by atoms with Crippen LogP contribution in [0.3, 0.4) is 0 Å². The van der Waals surface area contributed by atoms with Gasteiger partial charge in [-0.05, 0) is 73.7 Å². The first-order valence-corrected chi connectivity index (χ1v) is 18.0. The summed E-state index contributed by atoms with van der Waals surface area (Å²) in [6.07, 6.45) is 4.44. The van der Waals surface area contributed by atoms with E-state index in [-0.39, 0.29) is 46.8 Å². The lowest BCUT2D eigenvalue weighted by atomic mass is 9.42. The Bertz CT molecular complexity index is 1350. The first-order valence-electron chi connectivity index (χ1n) is 15.1. The Kier molecular flexibility index (Phi) is 5.90. The fourth-order valence-electron chi connectivity index (χ4n) is 9.35. The summed E-state index contributed by atoms with van der Waals surface area (Å²) in [5, 5.41) is 0.123. The molecule has 0 radical (unpaired) electrons. The molecule has 6 heteroatoms. The third-order valence-electron chi connectivity index (χ3n) is 12.2. The molecule has 40 heavy (non-hydrogen) atoms. The number of hydrogen-bond donors (Lipinski definition) is 0. The predicted molar refractivity (Wildman–Crippen MR) is 159 cm³/mol. The standard InChI is InChI=1S/C34H46O5Si/c1-11-24-33(7)25(35)15-16-32(6)28(33)27(38-30(32)36)29-34(24,8)26-19(2)22(18-23(26)37-29)20-13-12-14-21(17-20)39-40(9,10)31(3,4)5/h12-17,22-24,27-29H,11,18H2,1-10H3/t22-,23-,24-,27-,28+,29-,32-,33+,34-/m1/s1. The summed E-state index contributed by atoms with van der Waals surface area (Å²) in [5.74, 6) is 0.894. The second kappa shape index (κ2) is 8.44. The zero-order valence-electron chi connectivity index (χ0n) is 25.9. The molecule has 5 nitrogen and oxygen atoms in total. The van der Waals surface area contributed by atoms with Gasteiger partial charge in [-0.25, -0.2) is 0 Å². The largest absolute Gasteiger partial charge is 0.543 e. The Morgan fingerprint density at radius 3 is 2.45 bits per heavy atom. The van der Waals surface area contributed by atoms with E-state index < -0.39 is 30.7 Å². The van der Waals surface area contributed by atoms with E-state index in [2.05, 4.69) is 85.8 Å². The molecular formula is C34H46O5Si. The van der Waals surface area contributed by atoms with Gasteiger partial charge in [-0.2, -0.15) is 0 Å². The Balaban J connectivity index is 1.42. The third kappa shape index (κ3) is 3.35. The number of allylic oxidation sites excluding steroid dienone is 2. The minimum absolute atomic E-state index is 0.0412. The Hall–Kier alpha value is -2.18. The van der Waals surface area contributed by atoms with Crippen molar-refractivity contribution in [2.75, 3.05) is 0 Å². The Morgan fingerprint density at radius 2 is 1.80 bits per heavy atom. The molecule has 0 unspecified atom stereocenters. The number of hydrogen-bond acceptors (Lipinski definition) is 5. The van der Waals surface area contributed by atoms with Crippen LogP contribution in [0.15, 0.2) is 47.6 Å². The lowest BCUT2D eigenvalue weighted by molar-refractivity contribution is -0.186. The molecule has 0 aromatic heterocycles. The summed E-state index contributed by atoms with van der Waals surface area (Å²) in [5.41, 5.74) is 2.04. The van der Waals surface area contributed by atoms with E-state index in [4.69, 9.17) is 13.9 Å². The van der Waals surface area contributed by atoms with Crippen LogP contribution in [-0.2, 0) is 19.1 Å². The van der Waals surface area contributed by atoms with E-state index in [0.29, 0.717) is 0 Å². The molecule has 0 bridgehead atoms. The number of carbonyl (C=O) groups excluding carboxylic acids is 2. The summed E-state index contributed by atoms with van der Waals surface area (Å²) in [7, 11) is -1.96. The molecule has 1 aromatic rings. The molecule has 216 valence electrons. The highest BCUT2D eigenvalue weighted by Gasteiger charge is 2.77. The first-order chi connectivity index (χ1) is 18.5. The van der Waals surface area contributed by atoms with Crippen LogP contribution in [0.4, 0.5) is 0 Å². The van der Waals surface area contributed by atoms with Gasteiger partial charge in [0, 0.05) is 22.7 Å². The van der Waals surface area contributed by atoms with E-state index in [9.17, 15) is 9.59 Å². The van der Waals surface area contributed by atoms with E-state index in [1.165, 1.54) is 16.7 Å². The highest BCUT2D eigenvalue weighted by molar-refractivity contribution is 6.74. The van der Waals surface area contributed by atoms with Crippen LogP contribution < -0.4 is 4.43 Å². The van der Waals surface area contributed by atoms with Crippen molar-refractivity contribution < 1.29 is 23.5 Å². The van der Waals surface area contributed by atoms with Crippen LogP contribution in [0.2, 0.25) is 18.1 Å². The average Bonchev–Trinajstić information content (AvgIpc) is 3.44. The Labute approximate surface area is 240 Å². The van der Waals surface area contributed by atoms with Gasteiger partial charge in [-0.3, -0.25) is 9.59 Å². The molecule has 5 aliphatic rings. The molecular weight excluding hydrogens is 516 g/mol. The van der Waals surface area contributed by atoms with Gasteiger partial charge in [0.25, 0.3) is 0 Å². The van der Waals surface area contributed by atoms with Crippen LogP contribution in [0, 0.1) is 28.1 Å². The van der Waals surface area contributed by atoms with E-state index >= 15 is 0 Å². The summed E-state index contributed by atoms with van der Waals surface area (Å²) in [6, 6.07) is 8.63. The summed E-state index contributed by atoms with van der Waals surface area (Å²) in [6.45, 7) is 22.2. The molecule has 3 aliphatic carbocycles. The van der Waals surface area contributed by atoms with Gasteiger partial charge >= 0.3 is 5.97 Å². The van der Waals surface area contributed by atoms with Gasteiger partial charge < -0.3 is 13.9 Å². The maximum Gasteiger partial charge on any atom is 0.316 e. The molecule has 0 spiro atoms. The topological polar surface area (TPSA) is 61.8 Å². The second-order valence-corrected chi connectivity index (χ2v) is 19.9. The van der Waals surface area contributed by atoms with Crippen LogP contribution >= 0.6 is 0 Å². The third-order valence-corrected chi connectivity index (χ3v) is 16.6. The lowest BCUT2D eigenvalue weighted by Gasteiger charge is -2.59. The van der Waals surface area contributed by atoms with Crippen molar-refractivity contribution >= 4 is 20.1 Å². The van der Waals surface area contributed by atoms with Crippen molar-refractivity contribution in [1.29, 1.82) is 0 Å². The minimum Gasteiger partial charge on any atom is -0.543 e. The molecule has 9 atom stereocenters. The summed E-state index contributed by atoms with van der Waals surface area (Å²) < 4.78 is 19.8. The number of ether oxygens (including phenoxy) is 2. The van der Waals surface area contributed by atoms with Gasteiger partial charge in [-0.15, -0.1) is 0 Å². The number of fused-ring (bicyclic) bond motifs is 4. The molecule has 6 rings (SSSR count). The fraction of sp³-hybridized carbons (Fsp3) is 0.647. The van der Waals surface area contributed by atoms with Gasteiger partial charge in [0.15, 0.2) is 5.78 Å². The smallest absolute Gasteiger partial charge is 0.316 e. The summed E-state index contributed by atoms with van der Waals surface area (Å²) >= 11 is 0. The molecule has 3 fully saturated rings. The SMILES string of the molecule is CC[C@H]1[C@]2(C)C3=C(C)[C@H](c4cccc(O[Si](C)(C)C(C)(C)C)c4)C[C@H]3O[C@@H]2[C@@H]2OC(=O)[C@]3(C)C=CC(=O)[C@@]1(C)[C@@H]23. The van der Waals surface area contributed by atoms with E-state index in [1.807, 2.05) is 6.92 Å². The van der Waals surface area contributed by atoms with Crippen molar-refractivity contribution in [2.45, 2.75) is 111 Å². The first kappa shape index (κ1) is 28.0. The number of rotatable bonds is 4. The zero-order chi connectivity index (χ0) is 29.2. The molecule has 2 saturated heterocycles. The highest BCUT2D eigenvalue weighted by atomic mass is 28.4. The minimum atomic E-state index is -1.96. The maximum absolute atomic E-state index is 13.8. The van der Waals surface area contributed by atoms with Gasteiger partial charge in [-0.1, -0.05) is 71.7 Å². The quantitative estimate of drug-likeness (QED) is 0.218.